The lowest BCUT2D eigenvalue weighted by molar-refractivity contribution is 0.420. The third kappa shape index (κ3) is 36.0. The highest BCUT2D eigenvalue weighted by molar-refractivity contribution is 7.12. The maximum atomic E-state index is 5.79. The fourth-order valence-corrected chi connectivity index (χ4v) is 12.9. The van der Waals surface area contributed by atoms with Gasteiger partial charge in [-0.1, -0.05) is 323 Å². The van der Waals surface area contributed by atoms with Gasteiger partial charge in [0.05, 0.1) is 49.9 Å². The topological polar surface area (TPSA) is 142 Å². The van der Waals surface area contributed by atoms with Crippen molar-refractivity contribution in [3.63, 3.8) is 0 Å². The van der Waals surface area contributed by atoms with Gasteiger partial charge >= 0.3 is 0 Å². The van der Waals surface area contributed by atoms with E-state index in [1.165, 1.54) is 65.1 Å². The number of nitrogens with zero attached hydrogens (tertiary/aromatic N) is 9. The third-order valence-corrected chi connectivity index (χ3v) is 19.8. The Hall–Kier alpha value is -4.69. The normalized spacial score (nSPS) is 11.2. The van der Waals surface area contributed by atoms with Crippen molar-refractivity contribution in [2.24, 2.45) is 0 Å². The number of H-pyrrole nitrogens is 1. The molecule has 1 N–H and O–H groups in total. The van der Waals surface area contributed by atoms with Gasteiger partial charge in [-0.25, -0.2) is 24.9 Å². The van der Waals surface area contributed by atoms with Crippen molar-refractivity contribution in [3.8, 4) is 0 Å². The number of rotatable bonds is 21. The Labute approximate surface area is 669 Å². The summed E-state index contributed by atoms with van der Waals surface area (Å²) in [5, 5.41) is 11.9. The second-order valence-electron chi connectivity index (χ2n) is 33.7. The van der Waals surface area contributed by atoms with E-state index in [1.54, 1.807) is 0 Å². The van der Waals surface area contributed by atoms with Crippen molar-refractivity contribution >= 4 is 22.7 Å². The fourth-order valence-electron chi connectivity index (χ4n) is 10.5. The molecule has 7 aromatic heterocycles. The molecule has 0 saturated heterocycles. The molecule has 624 valence electrons. The maximum Gasteiger partial charge on any atom is 0.197 e. The number of nitrogens with one attached hydrogen (secondary N) is 1. The summed E-state index contributed by atoms with van der Waals surface area (Å²) < 4.78 is 15.7. The molecule has 0 aliphatic carbocycles. The highest BCUT2D eigenvalue weighted by Crippen LogP contribution is 2.37. The molecule has 0 fully saturated rings. The number of aromatic nitrogens is 10. The minimum atomic E-state index is 0. The third-order valence-electron chi connectivity index (χ3n) is 16.5. The molecule has 0 spiro atoms. The Morgan fingerprint density at radius 2 is 0.538 bits per heavy atom. The van der Waals surface area contributed by atoms with Crippen LogP contribution in [0.2, 0.25) is 0 Å². The van der Waals surface area contributed by atoms with Gasteiger partial charge in [0.2, 0.25) is 0 Å². The molecule has 106 heavy (non-hydrogen) atoms. The molecule has 0 aliphatic rings. The monoisotopic (exact) mass is 1520 g/mol. The molecule has 0 aliphatic heterocycles. The molecule has 0 saturated carbocycles. The molecular weight excluding hydrogens is 1340 g/mol. The van der Waals surface area contributed by atoms with E-state index in [2.05, 4.69) is 343 Å². The number of aromatic amines is 1. The molecular formula is C92H182N10O2S2. The average molecular weight is 1520 g/mol. The predicted molar refractivity (Wildman–Crippen MR) is 483 cm³/mol. The van der Waals surface area contributed by atoms with Gasteiger partial charge < -0.3 is 13.8 Å². The van der Waals surface area contributed by atoms with Gasteiger partial charge in [-0.05, 0) is 110 Å². The summed E-state index contributed by atoms with van der Waals surface area (Å²) in [6.07, 6.45) is 4.40. The van der Waals surface area contributed by atoms with Gasteiger partial charge in [0.1, 0.15) is 17.3 Å². The average Bonchev–Trinajstić information content (AvgIpc) is 1.76. The zero-order valence-corrected chi connectivity index (χ0v) is 72.6. The van der Waals surface area contributed by atoms with Crippen LogP contribution >= 0.6 is 22.7 Å². The summed E-state index contributed by atoms with van der Waals surface area (Å²) in [4.78, 5) is 29.7. The van der Waals surface area contributed by atoms with Crippen molar-refractivity contribution in [3.05, 3.63) is 118 Å². The highest BCUT2D eigenvalue weighted by atomic mass is 32.1. The summed E-state index contributed by atoms with van der Waals surface area (Å²) in [7, 11) is 0. The molecule has 7 heterocycles. The van der Waals surface area contributed by atoms with E-state index in [0.29, 0.717) is 125 Å². The largest absolute Gasteiger partial charge is 0.445 e. The Morgan fingerprint density at radius 1 is 0.264 bits per heavy atom. The summed E-state index contributed by atoms with van der Waals surface area (Å²) in [6.45, 7) is 92.1. The van der Waals surface area contributed by atoms with Gasteiger partial charge in [-0.3, -0.25) is 9.36 Å². The van der Waals surface area contributed by atoms with Gasteiger partial charge in [0, 0.05) is 81.4 Å². The van der Waals surface area contributed by atoms with E-state index in [0.717, 1.165) is 40.5 Å². The molecule has 7 aromatic rings. The van der Waals surface area contributed by atoms with Crippen molar-refractivity contribution < 1.29 is 8.83 Å². The van der Waals surface area contributed by atoms with E-state index in [1.807, 2.05) is 22.7 Å². The van der Waals surface area contributed by atoms with Gasteiger partial charge in [-0.15, -0.1) is 22.7 Å². The van der Waals surface area contributed by atoms with Gasteiger partial charge in [0.15, 0.2) is 11.8 Å². The van der Waals surface area contributed by atoms with Crippen LogP contribution in [-0.2, 0) is 0 Å². The number of imidazole rings is 1. The van der Waals surface area contributed by atoms with Crippen molar-refractivity contribution in [1.82, 2.24) is 49.5 Å². The van der Waals surface area contributed by atoms with Crippen molar-refractivity contribution in [2.45, 2.75) is 475 Å². The van der Waals surface area contributed by atoms with E-state index < -0.39 is 0 Å². The number of hydrogen-bond acceptors (Lipinski definition) is 11. The number of hydrogen-bond donors (Lipinski definition) is 1. The molecule has 7 rings (SSSR count). The van der Waals surface area contributed by atoms with Crippen molar-refractivity contribution in [1.29, 1.82) is 0 Å². The van der Waals surface area contributed by atoms with Crippen LogP contribution in [-0.4, -0.2) is 49.5 Å². The quantitative estimate of drug-likeness (QED) is 0.0744. The Balaban J connectivity index is -0.000000174. The van der Waals surface area contributed by atoms with E-state index in [-0.39, 0.29) is 59.4 Å². The van der Waals surface area contributed by atoms with Crippen LogP contribution in [0.5, 0.6) is 0 Å². The summed E-state index contributed by atoms with van der Waals surface area (Å²) >= 11 is 3.79. The first-order chi connectivity index (χ1) is 45.0. The van der Waals surface area contributed by atoms with Crippen LogP contribution in [0.15, 0.2) is 21.2 Å². The van der Waals surface area contributed by atoms with E-state index >= 15 is 0 Å². The molecule has 0 bridgehead atoms. The van der Waals surface area contributed by atoms with Crippen LogP contribution in [0.3, 0.4) is 0 Å². The van der Waals surface area contributed by atoms with E-state index in [4.69, 9.17) is 18.8 Å². The fraction of sp³-hybridized carbons (Fsp3) is 0.772. The molecule has 0 unspecified atom stereocenters. The zero-order valence-electron chi connectivity index (χ0n) is 70.9. The first-order valence-electron chi connectivity index (χ1n) is 38.3. The standard InChI is InChI=1S/3C12H22N2.2C12H21NO.2C12H21NS.8CH4/c2*1-8(2)11-7-14(10(5)6)13-12(11)9(3)4;5*1-7(2)10-11(8(3)4)14-12(13-10)9(5)6;;;;;;;;/h2*7-10H,1-6H3;7-9H,1-6H3,(H,13,14);4*7-9H,1-6H3;8*1H4. The number of oxazole rings is 2. The van der Waals surface area contributed by atoms with E-state index in [9.17, 15) is 0 Å². The first kappa shape index (κ1) is 117. The molecule has 14 heteroatoms. The Morgan fingerprint density at radius 3 is 0.689 bits per heavy atom. The Kier molecular flexibility index (Phi) is 59.7. The molecule has 0 radical (unpaired) electrons. The maximum absolute atomic E-state index is 5.79. The van der Waals surface area contributed by atoms with Crippen LogP contribution in [0, 0.1) is 0 Å². The molecule has 0 atom stereocenters. The smallest absolute Gasteiger partial charge is 0.197 e. The van der Waals surface area contributed by atoms with Crippen LogP contribution in [0.4, 0.5) is 0 Å². The summed E-state index contributed by atoms with van der Waals surface area (Å²) in [5.74, 6) is 14.6. The lowest BCUT2D eigenvalue weighted by Gasteiger charge is -2.07. The minimum Gasteiger partial charge on any atom is -0.445 e. The van der Waals surface area contributed by atoms with Gasteiger partial charge in [0.25, 0.3) is 0 Å². The first-order valence-corrected chi connectivity index (χ1v) is 39.9. The lowest BCUT2D eigenvalue weighted by Crippen LogP contribution is -2.02. The second kappa shape index (κ2) is 54.0. The predicted octanol–water partition coefficient (Wildman–Crippen LogP) is 33.4. The Bertz CT molecular complexity index is 2520. The minimum absolute atomic E-state index is 0. The van der Waals surface area contributed by atoms with Crippen LogP contribution in [0.25, 0.3) is 0 Å². The summed E-state index contributed by atoms with van der Waals surface area (Å²) in [6, 6.07) is 0.917. The SMILES string of the molecule is C.C.C.C.C.C.C.C.CC(C)c1cn(C(C)C)nc1C(C)C.CC(C)c1cn(C(C)C)nc1C(C)C.CC(C)c1nc(C(C)C)c(C(C)C)[nH]1.CC(C)c1nc(C(C)C)c(C(C)C)o1.CC(C)c1nc(C(C)C)c(C(C)C)o1.CC(C)c1nc(C(C)C)c(C(C)C)s1.CC(C)c1nc(C(C)C)c(C(C)C)s1. The summed E-state index contributed by atoms with van der Waals surface area (Å²) in [5.41, 5.74) is 12.7. The lowest BCUT2D eigenvalue weighted by atomic mass is 9.98. The van der Waals surface area contributed by atoms with Crippen LogP contribution in [0.1, 0.15) is 580 Å². The molecule has 12 nitrogen and oxygen atoms in total. The molecule has 0 aromatic carbocycles. The van der Waals surface area contributed by atoms with Crippen LogP contribution < -0.4 is 0 Å². The second-order valence-corrected chi connectivity index (χ2v) is 35.8. The zero-order chi connectivity index (χ0) is 76.1. The highest BCUT2D eigenvalue weighted by Gasteiger charge is 2.25. The number of thiazole rings is 2. The van der Waals surface area contributed by atoms with Gasteiger partial charge in [-0.2, -0.15) is 10.2 Å². The van der Waals surface area contributed by atoms with Crippen molar-refractivity contribution in [2.75, 3.05) is 0 Å². The molecule has 0 amide bonds.